The molecule has 0 fully saturated rings. The van der Waals surface area contributed by atoms with Gasteiger partial charge in [-0.05, 0) is 24.6 Å². The third-order valence-corrected chi connectivity index (χ3v) is 2.05. The number of rotatable bonds is 3. The molecule has 14 heavy (non-hydrogen) atoms. The molecule has 4 heteroatoms. The van der Waals surface area contributed by atoms with Crippen molar-refractivity contribution < 1.29 is 14.9 Å². The third-order valence-electron chi connectivity index (χ3n) is 2.05. The quantitative estimate of drug-likeness (QED) is 0.666. The summed E-state index contributed by atoms with van der Waals surface area (Å²) in [7, 11) is 1.50. The van der Waals surface area contributed by atoms with Gasteiger partial charge in [0.15, 0.2) is 0 Å². The average molecular weight is 197 g/mol. The zero-order chi connectivity index (χ0) is 10.7. The summed E-state index contributed by atoms with van der Waals surface area (Å²) in [5.74, 6) is 0.562. The van der Waals surface area contributed by atoms with Crippen LogP contribution in [0.2, 0.25) is 0 Å². The highest BCUT2D eigenvalue weighted by atomic mass is 16.5. The fraction of sp³-hybridized carbons (Fsp3) is 0.400. The van der Waals surface area contributed by atoms with Gasteiger partial charge in [0, 0.05) is 0 Å². The summed E-state index contributed by atoms with van der Waals surface area (Å²) < 4.78 is 5.08. The normalized spacial score (nSPS) is 12.6. The Kier molecular flexibility index (Phi) is 3.33. The fourth-order valence-electron chi connectivity index (χ4n) is 1.38. The number of phenols is 1. The molecule has 0 saturated carbocycles. The summed E-state index contributed by atoms with van der Waals surface area (Å²) in [6.07, 6.45) is 0. The van der Waals surface area contributed by atoms with Crippen LogP contribution in [0.25, 0.3) is 0 Å². The number of benzene rings is 1. The van der Waals surface area contributed by atoms with E-state index < -0.39 is 6.04 Å². The Morgan fingerprint density at radius 2 is 2.14 bits per heavy atom. The predicted molar refractivity (Wildman–Crippen MR) is 53.4 cm³/mol. The Morgan fingerprint density at radius 3 is 2.64 bits per heavy atom. The Morgan fingerprint density at radius 1 is 1.50 bits per heavy atom. The lowest BCUT2D eigenvalue weighted by molar-refractivity contribution is 0.261. The van der Waals surface area contributed by atoms with Crippen LogP contribution in [0.4, 0.5) is 0 Å². The van der Waals surface area contributed by atoms with Crippen LogP contribution in [-0.4, -0.2) is 23.9 Å². The van der Waals surface area contributed by atoms with Gasteiger partial charge in [0.25, 0.3) is 0 Å². The number of nitrogens with two attached hydrogens (primary N) is 1. The largest absolute Gasteiger partial charge is 0.507 e. The van der Waals surface area contributed by atoms with Crippen molar-refractivity contribution in [3.8, 4) is 11.5 Å². The molecule has 4 nitrogen and oxygen atoms in total. The van der Waals surface area contributed by atoms with Gasteiger partial charge in [-0.1, -0.05) is 0 Å². The molecule has 0 unspecified atom stereocenters. The van der Waals surface area contributed by atoms with Gasteiger partial charge in [-0.15, -0.1) is 0 Å². The number of ether oxygens (including phenoxy) is 1. The minimum Gasteiger partial charge on any atom is -0.507 e. The van der Waals surface area contributed by atoms with E-state index in [0.717, 1.165) is 5.56 Å². The van der Waals surface area contributed by atoms with Crippen LogP contribution in [0.3, 0.4) is 0 Å². The molecule has 0 amide bonds. The topological polar surface area (TPSA) is 75.7 Å². The molecule has 1 rings (SSSR count). The minimum absolute atomic E-state index is 0.0587. The molecule has 0 aromatic heterocycles. The van der Waals surface area contributed by atoms with E-state index in [2.05, 4.69) is 0 Å². The number of hydrogen-bond acceptors (Lipinski definition) is 4. The number of aryl methyl sites for hydroxylation is 1. The number of phenolic OH excluding ortho intramolecular Hbond substituents is 1. The van der Waals surface area contributed by atoms with Crippen molar-refractivity contribution in [1.82, 2.24) is 0 Å². The number of hydrogen-bond donors (Lipinski definition) is 3. The van der Waals surface area contributed by atoms with Crippen LogP contribution in [0.5, 0.6) is 11.5 Å². The molecule has 0 aliphatic carbocycles. The molecule has 0 radical (unpaired) electrons. The van der Waals surface area contributed by atoms with Crippen LogP contribution in [0, 0.1) is 6.92 Å². The summed E-state index contributed by atoms with van der Waals surface area (Å²) in [6, 6.07) is 2.74. The Bertz CT molecular complexity index is 325. The smallest absolute Gasteiger partial charge is 0.127 e. The zero-order valence-electron chi connectivity index (χ0n) is 8.32. The van der Waals surface area contributed by atoms with E-state index in [1.165, 1.54) is 7.11 Å². The molecule has 78 valence electrons. The molecule has 0 spiro atoms. The van der Waals surface area contributed by atoms with E-state index in [1.807, 2.05) is 6.92 Å². The standard InChI is InChI=1S/C10H15NO3/c1-6-3-8(13)10(7(11)5-12)9(4-6)14-2/h3-4,7,12-13H,5,11H2,1-2H3/t7-/m0/s1. The van der Waals surface area contributed by atoms with Gasteiger partial charge in [0.05, 0.1) is 25.3 Å². The number of methoxy groups -OCH3 is 1. The van der Waals surface area contributed by atoms with Crippen molar-refractivity contribution >= 4 is 0 Å². The molecule has 4 N–H and O–H groups in total. The first-order valence-corrected chi connectivity index (χ1v) is 4.34. The maximum absolute atomic E-state index is 9.63. The van der Waals surface area contributed by atoms with E-state index in [0.29, 0.717) is 11.3 Å². The monoisotopic (exact) mass is 197 g/mol. The van der Waals surface area contributed by atoms with Gasteiger partial charge < -0.3 is 20.7 Å². The van der Waals surface area contributed by atoms with Crippen LogP contribution in [0.1, 0.15) is 17.2 Å². The van der Waals surface area contributed by atoms with Gasteiger partial charge in [0.1, 0.15) is 11.5 Å². The highest BCUT2D eigenvalue weighted by molar-refractivity contribution is 5.48. The van der Waals surface area contributed by atoms with Gasteiger partial charge in [-0.25, -0.2) is 0 Å². The van der Waals surface area contributed by atoms with Crippen LogP contribution in [-0.2, 0) is 0 Å². The molecule has 0 aliphatic heterocycles. The first-order chi connectivity index (χ1) is 6.60. The van der Waals surface area contributed by atoms with E-state index in [1.54, 1.807) is 12.1 Å². The molecule has 1 aromatic carbocycles. The van der Waals surface area contributed by atoms with Crippen LogP contribution < -0.4 is 10.5 Å². The zero-order valence-corrected chi connectivity index (χ0v) is 8.32. The van der Waals surface area contributed by atoms with Crippen molar-refractivity contribution in [2.24, 2.45) is 5.73 Å². The minimum atomic E-state index is -0.620. The Labute approximate surface area is 82.9 Å². The summed E-state index contributed by atoms with van der Waals surface area (Å²) in [4.78, 5) is 0. The van der Waals surface area contributed by atoms with Crippen molar-refractivity contribution in [1.29, 1.82) is 0 Å². The summed E-state index contributed by atoms with van der Waals surface area (Å²) in [5.41, 5.74) is 6.96. The summed E-state index contributed by atoms with van der Waals surface area (Å²) >= 11 is 0. The van der Waals surface area contributed by atoms with Gasteiger partial charge >= 0.3 is 0 Å². The van der Waals surface area contributed by atoms with Crippen molar-refractivity contribution in [2.75, 3.05) is 13.7 Å². The first-order valence-electron chi connectivity index (χ1n) is 4.34. The lowest BCUT2D eigenvalue weighted by atomic mass is 10.0. The molecule has 0 heterocycles. The first kappa shape index (κ1) is 10.8. The van der Waals surface area contributed by atoms with E-state index >= 15 is 0 Å². The fourth-order valence-corrected chi connectivity index (χ4v) is 1.38. The van der Waals surface area contributed by atoms with E-state index in [4.69, 9.17) is 15.6 Å². The van der Waals surface area contributed by atoms with E-state index in [9.17, 15) is 5.11 Å². The highest BCUT2D eigenvalue weighted by Gasteiger charge is 2.16. The maximum atomic E-state index is 9.63. The van der Waals surface area contributed by atoms with E-state index in [-0.39, 0.29) is 12.4 Å². The Hall–Kier alpha value is -1.26. The van der Waals surface area contributed by atoms with Crippen molar-refractivity contribution in [2.45, 2.75) is 13.0 Å². The predicted octanol–water partition coefficient (Wildman–Crippen LogP) is 0.701. The highest BCUT2D eigenvalue weighted by Crippen LogP contribution is 2.33. The number of aliphatic hydroxyl groups is 1. The van der Waals surface area contributed by atoms with Crippen molar-refractivity contribution in [3.63, 3.8) is 0 Å². The lowest BCUT2D eigenvalue weighted by Gasteiger charge is -2.15. The molecule has 0 aliphatic rings. The summed E-state index contributed by atoms with van der Waals surface area (Å²) in [6.45, 7) is 1.61. The summed E-state index contributed by atoms with van der Waals surface area (Å²) in [5, 5.41) is 18.5. The van der Waals surface area contributed by atoms with Gasteiger partial charge in [-0.3, -0.25) is 0 Å². The Balaban J connectivity index is 3.24. The third kappa shape index (κ3) is 1.97. The lowest BCUT2D eigenvalue weighted by Crippen LogP contribution is -2.15. The number of aromatic hydroxyl groups is 1. The molecular weight excluding hydrogens is 182 g/mol. The molecular formula is C10H15NO3. The van der Waals surface area contributed by atoms with Crippen LogP contribution >= 0.6 is 0 Å². The molecule has 1 atom stereocenters. The van der Waals surface area contributed by atoms with Crippen molar-refractivity contribution in [3.05, 3.63) is 23.3 Å². The van der Waals surface area contributed by atoms with Crippen LogP contribution in [0.15, 0.2) is 12.1 Å². The van der Waals surface area contributed by atoms with Gasteiger partial charge in [-0.2, -0.15) is 0 Å². The molecule has 0 saturated heterocycles. The average Bonchev–Trinajstić information content (AvgIpc) is 2.15. The number of aliphatic hydroxyl groups excluding tert-OH is 1. The van der Waals surface area contributed by atoms with Gasteiger partial charge in [0.2, 0.25) is 0 Å². The second-order valence-corrected chi connectivity index (χ2v) is 3.19. The second-order valence-electron chi connectivity index (χ2n) is 3.19. The molecule has 1 aromatic rings. The molecule has 0 bridgehead atoms. The maximum Gasteiger partial charge on any atom is 0.127 e. The second kappa shape index (κ2) is 4.30. The SMILES string of the molecule is COc1cc(C)cc(O)c1[C@@H](N)CO.